The lowest BCUT2D eigenvalue weighted by atomic mass is 10.3. The Bertz CT molecular complexity index is 732. The van der Waals surface area contributed by atoms with Gasteiger partial charge in [-0.05, 0) is 12.1 Å². The van der Waals surface area contributed by atoms with E-state index in [0.29, 0.717) is 28.8 Å². The van der Waals surface area contributed by atoms with Gasteiger partial charge in [0, 0.05) is 12.7 Å². The third-order valence-electron chi connectivity index (χ3n) is 2.65. The van der Waals surface area contributed by atoms with Crippen molar-refractivity contribution < 1.29 is 8.42 Å². The Labute approximate surface area is 123 Å². The van der Waals surface area contributed by atoms with Gasteiger partial charge in [-0.3, -0.25) is 0 Å². The summed E-state index contributed by atoms with van der Waals surface area (Å²) in [6.07, 6.45) is 3.32. The van der Waals surface area contributed by atoms with Crippen molar-refractivity contribution in [3.05, 3.63) is 41.3 Å². The molecule has 0 radical (unpaired) electrons. The van der Waals surface area contributed by atoms with E-state index in [1.54, 1.807) is 18.2 Å². The fourth-order valence-corrected chi connectivity index (χ4v) is 2.67. The fraction of sp³-hybridized carbons (Fsp3) is 0.231. The van der Waals surface area contributed by atoms with E-state index in [9.17, 15) is 8.42 Å². The Morgan fingerprint density at radius 2 is 2.00 bits per heavy atom. The van der Waals surface area contributed by atoms with Crippen molar-refractivity contribution in [2.24, 2.45) is 0 Å². The van der Waals surface area contributed by atoms with Crippen LogP contribution in [0.3, 0.4) is 0 Å². The molecule has 0 fully saturated rings. The molecule has 5 nitrogen and oxygen atoms in total. The second-order valence-corrected chi connectivity index (χ2v) is 6.62. The number of sulfone groups is 1. The molecule has 0 saturated heterocycles. The van der Waals surface area contributed by atoms with Crippen LogP contribution in [-0.2, 0) is 16.3 Å². The van der Waals surface area contributed by atoms with Gasteiger partial charge in [0.1, 0.15) is 10.8 Å². The molecule has 0 unspecified atom stereocenters. The maximum Gasteiger partial charge on any atom is 0.177 e. The number of anilines is 2. The molecule has 0 aliphatic carbocycles. The first-order valence-corrected chi connectivity index (χ1v) is 8.26. The summed E-state index contributed by atoms with van der Waals surface area (Å²) in [5, 5.41) is 3.30. The first-order chi connectivity index (χ1) is 9.41. The maximum atomic E-state index is 11.7. The third kappa shape index (κ3) is 3.26. The highest BCUT2D eigenvalue weighted by molar-refractivity contribution is 7.90. The molecule has 0 aliphatic rings. The van der Waals surface area contributed by atoms with Gasteiger partial charge in [-0.1, -0.05) is 30.7 Å². The molecule has 7 heteroatoms. The number of hydrogen-bond acceptors (Lipinski definition) is 5. The van der Waals surface area contributed by atoms with Gasteiger partial charge in [0.15, 0.2) is 15.7 Å². The van der Waals surface area contributed by atoms with Crippen LogP contribution in [-0.4, -0.2) is 24.6 Å². The summed E-state index contributed by atoms with van der Waals surface area (Å²) in [7, 11) is -3.33. The minimum atomic E-state index is -3.33. The van der Waals surface area contributed by atoms with Crippen molar-refractivity contribution in [3.63, 3.8) is 0 Å². The van der Waals surface area contributed by atoms with Crippen LogP contribution < -0.4 is 5.32 Å². The molecule has 1 N–H and O–H groups in total. The summed E-state index contributed by atoms with van der Waals surface area (Å²) in [6.45, 7) is 1.93. The second-order valence-electron chi connectivity index (χ2n) is 4.23. The zero-order valence-corrected chi connectivity index (χ0v) is 12.7. The minimum absolute atomic E-state index is 0.202. The van der Waals surface area contributed by atoms with Gasteiger partial charge in [0.25, 0.3) is 0 Å². The Kier molecular flexibility index (Phi) is 4.25. The summed E-state index contributed by atoms with van der Waals surface area (Å²) in [4.78, 5) is 8.53. The quantitative estimate of drug-likeness (QED) is 0.940. The summed E-state index contributed by atoms with van der Waals surface area (Å²) in [6, 6.07) is 6.61. The fourth-order valence-electron chi connectivity index (χ4n) is 1.68. The van der Waals surface area contributed by atoms with Crippen LogP contribution in [0.5, 0.6) is 0 Å². The summed E-state index contributed by atoms with van der Waals surface area (Å²) < 4.78 is 23.5. The molecule has 1 aromatic heterocycles. The Morgan fingerprint density at radius 1 is 1.30 bits per heavy atom. The number of nitrogens with zero attached hydrogens (tertiary/aromatic N) is 2. The monoisotopic (exact) mass is 311 g/mol. The van der Waals surface area contributed by atoms with Crippen LogP contribution in [0.25, 0.3) is 0 Å². The molecule has 1 aromatic carbocycles. The molecule has 0 saturated carbocycles. The first kappa shape index (κ1) is 14.7. The van der Waals surface area contributed by atoms with Gasteiger partial charge in [-0.2, -0.15) is 0 Å². The van der Waals surface area contributed by atoms with Crippen molar-refractivity contribution in [3.8, 4) is 0 Å². The average molecular weight is 312 g/mol. The second kappa shape index (κ2) is 5.76. The Hall–Kier alpha value is -1.66. The number of para-hydroxylation sites is 1. The molecule has 0 aliphatic heterocycles. The minimum Gasteiger partial charge on any atom is -0.338 e. The predicted octanol–water partition coefficient (Wildman–Crippen LogP) is 2.84. The van der Waals surface area contributed by atoms with Crippen molar-refractivity contribution >= 4 is 32.9 Å². The van der Waals surface area contributed by atoms with Crippen molar-refractivity contribution in [2.45, 2.75) is 18.2 Å². The molecule has 0 atom stereocenters. The van der Waals surface area contributed by atoms with Crippen LogP contribution in [0.4, 0.5) is 11.5 Å². The van der Waals surface area contributed by atoms with Crippen molar-refractivity contribution in [1.82, 2.24) is 9.97 Å². The number of benzene rings is 1. The van der Waals surface area contributed by atoms with Crippen LogP contribution in [0.1, 0.15) is 12.7 Å². The van der Waals surface area contributed by atoms with E-state index < -0.39 is 9.84 Å². The van der Waals surface area contributed by atoms with Gasteiger partial charge < -0.3 is 5.32 Å². The normalized spacial score (nSPS) is 11.3. The Morgan fingerprint density at radius 3 is 2.65 bits per heavy atom. The van der Waals surface area contributed by atoms with Crippen LogP contribution in [0.2, 0.25) is 5.02 Å². The molecule has 20 heavy (non-hydrogen) atoms. The number of aromatic nitrogens is 2. The molecule has 0 amide bonds. The number of hydrogen-bond donors (Lipinski definition) is 1. The number of aryl methyl sites for hydroxylation is 1. The van der Waals surface area contributed by atoms with Gasteiger partial charge >= 0.3 is 0 Å². The molecule has 2 rings (SSSR count). The highest BCUT2D eigenvalue weighted by atomic mass is 35.5. The Balaban J connectivity index is 2.46. The highest BCUT2D eigenvalue weighted by Gasteiger charge is 2.14. The number of rotatable bonds is 4. The van der Waals surface area contributed by atoms with E-state index in [-0.39, 0.29) is 4.90 Å². The largest absolute Gasteiger partial charge is 0.338 e. The molecular weight excluding hydrogens is 298 g/mol. The molecular formula is C13H14ClN3O2S. The predicted molar refractivity (Wildman–Crippen MR) is 79.3 cm³/mol. The SMILES string of the molecule is CCc1ncc(Cl)c(Nc2ccccc2S(C)(=O)=O)n1. The molecule has 106 valence electrons. The highest BCUT2D eigenvalue weighted by Crippen LogP contribution is 2.27. The summed E-state index contributed by atoms with van der Waals surface area (Å²) in [5.41, 5.74) is 0.442. The van der Waals surface area contributed by atoms with Crippen molar-refractivity contribution in [2.75, 3.05) is 11.6 Å². The van der Waals surface area contributed by atoms with Gasteiger partial charge in [0.05, 0.1) is 16.8 Å². The van der Waals surface area contributed by atoms with E-state index in [0.717, 1.165) is 6.26 Å². The van der Waals surface area contributed by atoms with Gasteiger partial charge in [0.2, 0.25) is 0 Å². The lowest BCUT2D eigenvalue weighted by molar-refractivity contribution is 0.602. The topological polar surface area (TPSA) is 72.0 Å². The van der Waals surface area contributed by atoms with Crippen molar-refractivity contribution in [1.29, 1.82) is 0 Å². The van der Waals surface area contributed by atoms with Crippen LogP contribution in [0, 0.1) is 0 Å². The van der Waals surface area contributed by atoms with E-state index in [2.05, 4.69) is 15.3 Å². The standard InChI is InChI=1S/C13H14ClN3O2S/c1-3-12-15-8-9(14)13(17-12)16-10-6-4-5-7-11(10)20(2,18)19/h4-8H,3H2,1-2H3,(H,15,16,17). The lowest BCUT2D eigenvalue weighted by Crippen LogP contribution is -2.05. The molecule has 1 heterocycles. The smallest absolute Gasteiger partial charge is 0.177 e. The first-order valence-electron chi connectivity index (χ1n) is 5.99. The maximum absolute atomic E-state index is 11.7. The number of halogens is 1. The summed E-state index contributed by atoms with van der Waals surface area (Å²) >= 11 is 6.03. The summed E-state index contributed by atoms with van der Waals surface area (Å²) in [5.74, 6) is 1.03. The molecule has 0 spiro atoms. The number of nitrogens with one attached hydrogen (secondary N) is 1. The van der Waals surface area contributed by atoms with E-state index in [1.807, 2.05) is 6.92 Å². The van der Waals surface area contributed by atoms with Crippen LogP contribution in [0.15, 0.2) is 35.4 Å². The van der Waals surface area contributed by atoms with E-state index in [1.165, 1.54) is 12.3 Å². The zero-order valence-electron chi connectivity index (χ0n) is 11.1. The van der Waals surface area contributed by atoms with E-state index in [4.69, 9.17) is 11.6 Å². The molecule has 0 bridgehead atoms. The van der Waals surface area contributed by atoms with E-state index >= 15 is 0 Å². The van der Waals surface area contributed by atoms with Crippen LogP contribution >= 0.6 is 11.6 Å². The van der Waals surface area contributed by atoms with Gasteiger partial charge in [-0.25, -0.2) is 18.4 Å². The lowest BCUT2D eigenvalue weighted by Gasteiger charge is -2.11. The average Bonchev–Trinajstić information content (AvgIpc) is 2.41. The third-order valence-corrected chi connectivity index (χ3v) is 4.08. The zero-order chi connectivity index (χ0) is 14.8. The van der Waals surface area contributed by atoms with Gasteiger partial charge in [-0.15, -0.1) is 0 Å². The molecule has 2 aromatic rings.